The molecular formula is C11H16BrNO2S2. The molecule has 3 nitrogen and oxygen atoms in total. The van der Waals surface area contributed by atoms with Gasteiger partial charge in [-0.2, -0.15) is 0 Å². The van der Waals surface area contributed by atoms with Gasteiger partial charge in [0.25, 0.3) is 0 Å². The third kappa shape index (κ3) is 4.05. The largest absolute Gasteiger partial charge is 0.311 e. The van der Waals surface area contributed by atoms with Crippen molar-refractivity contribution in [1.29, 1.82) is 0 Å². The summed E-state index contributed by atoms with van der Waals surface area (Å²) in [5.41, 5.74) is 0.0112. The van der Waals surface area contributed by atoms with E-state index in [4.69, 9.17) is 0 Å². The molecule has 1 saturated carbocycles. The van der Waals surface area contributed by atoms with Crippen molar-refractivity contribution in [2.24, 2.45) is 5.41 Å². The van der Waals surface area contributed by atoms with E-state index in [9.17, 15) is 8.42 Å². The van der Waals surface area contributed by atoms with Gasteiger partial charge in [-0.25, -0.2) is 8.42 Å². The van der Waals surface area contributed by atoms with E-state index in [-0.39, 0.29) is 5.41 Å². The summed E-state index contributed by atoms with van der Waals surface area (Å²) in [6, 6.07) is 2.03. The van der Waals surface area contributed by atoms with Gasteiger partial charge in [0.15, 0.2) is 0 Å². The Labute approximate surface area is 115 Å². The molecule has 0 spiro atoms. The van der Waals surface area contributed by atoms with Crippen molar-refractivity contribution >= 4 is 37.1 Å². The summed E-state index contributed by atoms with van der Waals surface area (Å²) in [6.45, 7) is 1.61. The molecule has 0 radical (unpaired) electrons. The topological polar surface area (TPSA) is 46.2 Å². The molecular weight excluding hydrogens is 322 g/mol. The Kier molecular flexibility index (Phi) is 3.97. The fourth-order valence-electron chi connectivity index (χ4n) is 2.00. The van der Waals surface area contributed by atoms with Gasteiger partial charge < -0.3 is 5.32 Å². The Morgan fingerprint density at radius 3 is 2.71 bits per heavy atom. The maximum Gasteiger partial charge on any atom is 0.148 e. The monoisotopic (exact) mass is 337 g/mol. The Morgan fingerprint density at radius 1 is 1.53 bits per heavy atom. The van der Waals surface area contributed by atoms with Crippen LogP contribution in [0.2, 0.25) is 0 Å². The van der Waals surface area contributed by atoms with Gasteiger partial charge in [0.1, 0.15) is 9.84 Å². The zero-order chi connectivity index (χ0) is 12.5. The molecule has 2 rings (SSSR count). The third-order valence-electron chi connectivity index (χ3n) is 3.00. The smallest absolute Gasteiger partial charge is 0.148 e. The fourth-order valence-corrected chi connectivity index (χ4v) is 4.96. The van der Waals surface area contributed by atoms with Crippen molar-refractivity contribution in [1.82, 2.24) is 5.32 Å². The van der Waals surface area contributed by atoms with Crippen LogP contribution < -0.4 is 5.32 Å². The SMILES string of the molecule is CS(=O)(=O)CC1(CNCc2sccc2Br)CC1. The molecule has 0 aromatic carbocycles. The second-order valence-corrected chi connectivity index (χ2v) is 8.86. The van der Waals surface area contributed by atoms with Gasteiger partial charge in [-0.3, -0.25) is 0 Å². The van der Waals surface area contributed by atoms with E-state index in [1.54, 1.807) is 11.3 Å². The molecule has 17 heavy (non-hydrogen) atoms. The molecule has 1 aliphatic carbocycles. The molecule has 6 heteroatoms. The van der Waals surface area contributed by atoms with E-state index < -0.39 is 9.84 Å². The highest BCUT2D eigenvalue weighted by Gasteiger charge is 2.44. The molecule has 0 saturated heterocycles. The Hall–Kier alpha value is 0.0900. The first-order chi connectivity index (χ1) is 7.90. The Morgan fingerprint density at radius 2 is 2.24 bits per heavy atom. The van der Waals surface area contributed by atoms with Crippen LogP contribution in [-0.2, 0) is 16.4 Å². The van der Waals surface area contributed by atoms with Crippen LogP contribution in [0.25, 0.3) is 0 Å². The molecule has 1 aromatic rings. The van der Waals surface area contributed by atoms with E-state index in [0.717, 1.165) is 30.4 Å². The van der Waals surface area contributed by atoms with Crippen LogP contribution >= 0.6 is 27.3 Å². The van der Waals surface area contributed by atoms with Crippen LogP contribution in [0.1, 0.15) is 17.7 Å². The fraction of sp³-hybridized carbons (Fsp3) is 0.636. The molecule has 0 aliphatic heterocycles. The first-order valence-electron chi connectivity index (χ1n) is 5.51. The van der Waals surface area contributed by atoms with Crippen LogP contribution in [0.4, 0.5) is 0 Å². The highest BCUT2D eigenvalue weighted by Crippen LogP contribution is 2.46. The summed E-state index contributed by atoms with van der Waals surface area (Å²) in [7, 11) is -2.86. The second kappa shape index (κ2) is 4.99. The molecule has 1 aromatic heterocycles. The van der Waals surface area contributed by atoms with Crippen LogP contribution in [0, 0.1) is 5.41 Å². The minimum atomic E-state index is -2.86. The lowest BCUT2D eigenvalue weighted by atomic mass is 10.1. The Bertz CT molecular complexity index is 491. The summed E-state index contributed by atoms with van der Waals surface area (Å²) in [5.74, 6) is 0.318. The van der Waals surface area contributed by atoms with Crippen molar-refractivity contribution < 1.29 is 8.42 Å². The van der Waals surface area contributed by atoms with Gasteiger partial charge in [-0.1, -0.05) is 0 Å². The van der Waals surface area contributed by atoms with E-state index in [1.165, 1.54) is 11.1 Å². The highest BCUT2D eigenvalue weighted by molar-refractivity contribution is 9.10. The van der Waals surface area contributed by atoms with Gasteiger partial charge in [0, 0.05) is 28.7 Å². The van der Waals surface area contributed by atoms with Gasteiger partial charge in [-0.05, 0) is 45.6 Å². The maximum atomic E-state index is 11.3. The highest BCUT2D eigenvalue weighted by atomic mass is 79.9. The van der Waals surface area contributed by atoms with Gasteiger partial charge in [0.05, 0.1) is 5.75 Å². The lowest BCUT2D eigenvalue weighted by molar-refractivity contribution is 0.493. The van der Waals surface area contributed by atoms with Crippen LogP contribution in [-0.4, -0.2) is 27.0 Å². The maximum absolute atomic E-state index is 11.3. The summed E-state index contributed by atoms with van der Waals surface area (Å²) >= 11 is 5.19. The minimum absolute atomic E-state index is 0.0112. The first-order valence-corrected chi connectivity index (χ1v) is 9.24. The zero-order valence-electron chi connectivity index (χ0n) is 9.70. The molecule has 0 bridgehead atoms. The van der Waals surface area contributed by atoms with E-state index in [0.29, 0.717) is 5.75 Å². The van der Waals surface area contributed by atoms with Crippen molar-refractivity contribution in [3.63, 3.8) is 0 Å². The third-order valence-corrected chi connectivity index (χ3v) is 6.07. The van der Waals surface area contributed by atoms with Gasteiger partial charge >= 0.3 is 0 Å². The number of halogens is 1. The summed E-state index contributed by atoms with van der Waals surface area (Å²) in [4.78, 5) is 1.26. The molecule has 1 heterocycles. The van der Waals surface area contributed by atoms with Crippen molar-refractivity contribution in [2.45, 2.75) is 19.4 Å². The van der Waals surface area contributed by atoms with Crippen LogP contribution in [0.15, 0.2) is 15.9 Å². The van der Waals surface area contributed by atoms with E-state index in [1.807, 2.05) is 11.4 Å². The summed E-state index contributed by atoms with van der Waals surface area (Å²) in [5, 5.41) is 5.42. The van der Waals surface area contributed by atoms with Gasteiger partial charge in [-0.15, -0.1) is 11.3 Å². The first kappa shape index (κ1) is 13.5. The number of hydrogen-bond donors (Lipinski definition) is 1. The van der Waals surface area contributed by atoms with Gasteiger partial charge in [0.2, 0.25) is 0 Å². The van der Waals surface area contributed by atoms with Crippen molar-refractivity contribution in [2.75, 3.05) is 18.6 Å². The molecule has 0 atom stereocenters. The van der Waals surface area contributed by atoms with Crippen LogP contribution in [0.5, 0.6) is 0 Å². The van der Waals surface area contributed by atoms with Crippen molar-refractivity contribution in [3.8, 4) is 0 Å². The normalized spacial score (nSPS) is 18.2. The number of rotatable bonds is 6. The zero-order valence-corrected chi connectivity index (χ0v) is 12.9. The lowest BCUT2D eigenvalue weighted by Crippen LogP contribution is -2.28. The molecule has 1 aliphatic rings. The molecule has 96 valence electrons. The quantitative estimate of drug-likeness (QED) is 0.867. The Balaban J connectivity index is 1.81. The van der Waals surface area contributed by atoms with Crippen molar-refractivity contribution in [3.05, 3.63) is 20.8 Å². The molecule has 1 N–H and O–H groups in total. The predicted octanol–water partition coefficient (Wildman–Crippen LogP) is 2.43. The minimum Gasteiger partial charge on any atom is -0.311 e. The standard InChI is InChI=1S/C11H16BrNO2S2/c1-17(14,15)8-11(3-4-11)7-13-6-10-9(12)2-5-16-10/h2,5,13H,3-4,6-8H2,1H3. The molecule has 1 fully saturated rings. The summed E-state index contributed by atoms with van der Waals surface area (Å²) in [6.07, 6.45) is 3.38. The number of hydrogen-bond acceptors (Lipinski definition) is 4. The number of sulfone groups is 1. The molecule has 0 amide bonds. The lowest BCUT2D eigenvalue weighted by Gasteiger charge is -2.14. The van der Waals surface area contributed by atoms with E-state index in [2.05, 4.69) is 21.2 Å². The predicted molar refractivity (Wildman–Crippen MR) is 75.1 cm³/mol. The average Bonchev–Trinajstić information content (AvgIpc) is 2.80. The number of nitrogens with one attached hydrogen (secondary N) is 1. The average molecular weight is 338 g/mol. The summed E-state index contributed by atoms with van der Waals surface area (Å²) < 4.78 is 23.7. The van der Waals surface area contributed by atoms with Crippen LogP contribution in [0.3, 0.4) is 0 Å². The molecule has 0 unspecified atom stereocenters. The van der Waals surface area contributed by atoms with E-state index >= 15 is 0 Å². The second-order valence-electron chi connectivity index (χ2n) is 4.87. The number of thiophene rings is 1.